The molecule has 20 heavy (non-hydrogen) atoms. The van der Waals surface area contributed by atoms with Crippen LogP contribution in [0.2, 0.25) is 0 Å². The molecule has 1 saturated heterocycles. The van der Waals surface area contributed by atoms with Crippen molar-refractivity contribution in [3.8, 4) is 0 Å². The van der Waals surface area contributed by atoms with Crippen LogP contribution in [0, 0.1) is 12.8 Å². The molecule has 0 radical (unpaired) electrons. The first-order valence-electron chi connectivity index (χ1n) is 7.22. The molecular weight excluding hydrogens is 252 g/mol. The second-order valence-electron chi connectivity index (χ2n) is 6.52. The number of piperidine rings is 1. The van der Waals surface area contributed by atoms with Crippen molar-refractivity contribution in [1.29, 1.82) is 0 Å². The average molecular weight is 276 g/mol. The number of anilines is 1. The lowest BCUT2D eigenvalue weighted by atomic mass is 9.96. The van der Waals surface area contributed by atoms with Crippen LogP contribution in [0.4, 0.5) is 5.95 Å². The predicted octanol–water partition coefficient (Wildman–Crippen LogP) is 1.92. The Labute approximate surface area is 120 Å². The Balaban J connectivity index is 2.03. The molecule has 1 fully saturated rings. The number of amides is 1. The normalized spacial score (nSPS) is 19.8. The number of carbonyl (C=O) groups excluding carboxylic acids is 1. The van der Waals surface area contributed by atoms with Crippen LogP contribution in [-0.2, 0) is 4.79 Å². The van der Waals surface area contributed by atoms with Gasteiger partial charge in [0.2, 0.25) is 11.9 Å². The molecule has 5 nitrogen and oxygen atoms in total. The van der Waals surface area contributed by atoms with Crippen molar-refractivity contribution in [3.05, 3.63) is 18.0 Å². The third-order valence-electron chi connectivity index (χ3n) is 3.36. The molecule has 2 rings (SSSR count). The van der Waals surface area contributed by atoms with E-state index in [-0.39, 0.29) is 17.4 Å². The number of aromatic nitrogens is 2. The van der Waals surface area contributed by atoms with Crippen LogP contribution in [0.15, 0.2) is 12.3 Å². The SMILES string of the molecule is Cc1ccnc(N2CCC[C@H](C(=O)NC(C)(C)C)C2)n1. The van der Waals surface area contributed by atoms with E-state index in [0.29, 0.717) is 6.54 Å². The summed E-state index contributed by atoms with van der Waals surface area (Å²) < 4.78 is 0. The summed E-state index contributed by atoms with van der Waals surface area (Å²) in [6.07, 6.45) is 3.71. The Bertz CT molecular complexity index is 481. The van der Waals surface area contributed by atoms with Gasteiger partial charge in [-0.25, -0.2) is 9.97 Å². The fourth-order valence-electron chi connectivity index (χ4n) is 2.43. The maximum atomic E-state index is 12.3. The molecule has 110 valence electrons. The maximum Gasteiger partial charge on any atom is 0.225 e. The number of hydrogen-bond acceptors (Lipinski definition) is 4. The molecule has 0 unspecified atom stereocenters. The Hall–Kier alpha value is -1.65. The molecule has 1 aromatic rings. The largest absolute Gasteiger partial charge is 0.351 e. The zero-order chi connectivity index (χ0) is 14.8. The first kappa shape index (κ1) is 14.8. The van der Waals surface area contributed by atoms with Gasteiger partial charge in [0.1, 0.15) is 0 Å². The molecule has 1 aromatic heterocycles. The summed E-state index contributed by atoms with van der Waals surface area (Å²) in [7, 11) is 0. The van der Waals surface area contributed by atoms with Gasteiger partial charge in [-0.15, -0.1) is 0 Å². The monoisotopic (exact) mass is 276 g/mol. The van der Waals surface area contributed by atoms with Crippen molar-refractivity contribution < 1.29 is 4.79 Å². The van der Waals surface area contributed by atoms with Gasteiger partial charge in [0.05, 0.1) is 5.92 Å². The summed E-state index contributed by atoms with van der Waals surface area (Å²) >= 11 is 0. The van der Waals surface area contributed by atoms with Crippen LogP contribution in [-0.4, -0.2) is 34.5 Å². The van der Waals surface area contributed by atoms with E-state index in [1.54, 1.807) is 6.20 Å². The van der Waals surface area contributed by atoms with Crippen LogP contribution in [0.25, 0.3) is 0 Å². The third-order valence-corrected chi connectivity index (χ3v) is 3.36. The summed E-state index contributed by atoms with van der Waals surface area (Å²) in [5.41, 5.74) is 0.774. The summed E-state index contributed by atoms with van der Waals surface area (Å²) in [6.45, 7) is 9.60. The molecule has 0 bridgehead atoms. The number of rotatable bonds is 2. The van der Waals surface area contributed by atoms with Gasteiger partial charge in [-0.2, -0.15) is 0 Å². The molecule has 0 saturated carbocycles. The summed E-state index contributed by atoms with van der Waals surface area (Å²) in [4.78, 5) is 23.2. The summed E-state index contributed by atoms with van der Waals surface area (Å²) in [5, 5.41) is 3.07. The van der Waals surface area contributed by atoms with Crippen molar-refractivity contribution in [2.24, 2.45) is 5.92 Å². The highest BCUT2D eigenvalue weighted by molar-refractivity contribution is 5.80. The lowest BCUT2D eigenvalue weighted by Crippen LogP contribution is -2.49. The van der Waals surface area contributed by atoms with Crippen LogP contribution in [0.1, 0.15) is 39.3 Å². The minimum atomic E-state index is -0.181. The van der Waals surface area contributed by atoms with Gasteiger partial charge in [-0.05, 0) is 46.6 Å². The molecular formula is C15H24N4O. The Morgan fingerprint density at radius 2 is 2.20 bits per heavy atom. The van der Waals surface area contributed by atoms with Crippen molar-refractivity contribution in [2.45, 2.75) is 46.1 Å². The zero-order valence-corrected chi connectivity index (χ0v) is 12.8. The van der Waals surface area contributed by atoms with E-state index in [4.69, 9.17) is 0 Å². The van der Waals surface area contributed by atoms with Crippen LogP contribution in [0.5, 0.6) is 0 Å². The Morgan fingerprint density at radius 1 is 1.45 bits per heavy atom. The molecule has 1 aliphatic heterocycles. The van der Waals surface area contributed by atoms with Crippen molar-refractivity contribution in [2.75, 3.05) is 18.0 Å². The van der Waals surface area contributed by atoms with Crippen molar-refractivity contribution >= 4 is 11.9 Å². The molecule has 0 spiro atoms. The van der Waals surface area contributed by atoms with E-state index < -0.39 is 0 Å². The molecule has 1 N–H and O–H groups in total. The molecule has 1 amide bonds. The highest BCUT2D eigenvalue weighted by Crippen LogP contribution is 2.21. The van der Waals surface area contributed by atoms with Crippen molar-refractivity contribution in [1.82, 2.24) is 15.3 Å². The number of carbonyl (C=O) groups is 1. The van der Waals surface area contributed by atoms with Gasteiger partial charge in [0.15, 0.2) is 0 Å². The van der Waals surface area contributed by atoms with E-state index in [9.17, 15) is 4.79 Å². The van der Waals surface area contributed by atoms with Gasteiger partial charge in [0.25, 0.3) is 0 Å². The summed E-state index contributed by atoms with van der Waals surface area (Å²) in [5.74, 6) is 0.889. The minimum Gasteiger partial charge on any atom is -0.351 e. The van der Waals surface area contributed by atoms with Crippen LogP contribution < -0.4 is 10.2 Å². The molecule has 0 aromatic carbocycles. The fraction of sp³-hybridized carbons (Fsp3) is 0.667. The lowest BCUT2D eigenvalue weighted by Gasteiger charge is -2.33. The van der Waals surface area contributed by atoms with E-state index >= 15 is 0 Å². The molecule has 0 aliphatic carbocycles. The summed E-state index contributed by atoms with van der Waals surface area (Å²) in [6, 6.07) is 1.89. The molecule has 1 aliphatic rings. The molecule has 2 heterocycles. The first-order valence-corrected chi connectivity index (χ1v) is 7.22. The number of aryl methyl sites for hydroxylation is 1. The van der Waals surface area contributed by atoms with Crippen LogP contribution in [0.3, 0.4) is 0 Å². The quantitative estimate of drug-likeness (QED) is 0.896. The Morgan fingerprint density at radius 3 is 2.85 bits per heavy atom. The standard InChI is InChI=1S/C15H24N4O/c1-11-7-8-16-14(17-11)19-9-5-6-12(10-19)13(20)18-15(2,3)4/h7-8,12H,5-6,9-10H2,1-4H3,(H,18,20)/t12-/m0/s1. The third kappa shape index (κ3) is 3.92. The second-order valence-corrected chi connectivity index (χ2v) is 6.52. The average Bonchev–Trinajstić information content (AvgIpc) is 2.37. The van der Waals surface area contributed by atoms with Gasteiger partial charge in [-0.1, -0.05) is 0 Å². The zero-order valence-electron chi connectivity index (χ0n) is 12.8. The predicted molar refractivity (Wildman–Crippen MR) is 79.6 cm³/mol. The minimum absolute atomic E-state index is 0.0205. The van der Waals surface area contributed by atoms with Crippen molar-refractivity contribution in [3.63, 3.8) is 0 Å². The lowest BCUT2D eigenvalue weighted by molar-refractivity contribution is -0.126. The maximum absolute atomic E-state index is 12.3. The number of hydrogen-bond donors (Lipinski definition) is 1. The fourth-order valence-corrected chi connectivity index (χ4v) is 2.43. The number of nitrogens with zero attached hydrogens (tertiary/aromatic N) is 3. The van der Waals surface area contributed by atoms with Gasteiger partial charge < -0.3 is 10.2 Å². The topological polar surface area (TPSA) is 58.1 Å². The van der Waals surface area contributed by atoms with E-state index in [1.807, 2.05) is 33.8 Å². The van der Waals surface area contributed by atoms with Crippen LogP contribution >= 0.6 is 0 Å². The first-order chi connectivity index (χ1) is 9.35. The van der Waals surface area contributed by atoms with Gasteiger partial charge >= 0.3 is 0 Å². The van der Waals surface area contributed by atoms with E-state index in [2.05, 4.69) is 20.2 Å². The number of nitrogens with one attached hydrogen (secondary N) is 1. The van der Waals surface area contributed by atoms with Gasteiger partial charge in [0, 0.05) is 30.5 Å². The highest BCUT2D eigenvalue weighted by Gasteiger charge is 2.29. The van der Waals surface area contributed by atoms with Gasteiger partial charge in [-0.3, -0.25) is 4.79 Å². The second kappa shape index (κ2) is 5.77. The van der Waals surface area contributed by atoms with E-state index in [0.717, 1.165) is 31.0 Å². The Kier molecular flexibility index (Phi) is 4.26. The molecule has 1 atom stereocenters. The highest BCUT2D eigenvalue weighted by atomic mass is 16.2. The van der Waals surface area contributed by atoms with E-state index in [1.165, 1.54) is 0 Å². The molecule has 5 heteroatoms. The smallest absolute Gasteiger partial charge is 0.225 e.